The number of hydrazone groups is 1. The van der Waals surface area contributed by atoms with Crippen LogP contribution in [0.3, 0.4) is 0 Å². The fourth-order valence-electron chi connectivity index (χ4n) is 3.54. The van der Waals surface area contributed by atoms with Gasteiger partial charge in [0.05, 0.1) is 17.9 Å². The van der Waals surface area contributed by atoms with Crippen LogP contribution in [0.2, 0.25) is 0 Å². The number of amidine groups is 2. The Bertz CT molecular complexity index is 1160. The molecule has 2 aliphatic rings. The molecule has 1 amide bonds. The van der Waals surface area contributed by atoms with Crippen LogP contribution in [0.1, 0.15) is 30.8 Å². The minimum Gasteiger partial charge on any atom is -0.492 e. The smallest absolute Gasteiger partial charge is 0.283 e. The van der Waals surface area contributed by atoms with Gasteiger partial charge in [-0.3, -0.25) is 10.2 Å². The van der Waals surface area contributed by atoms with Crippen molar-refractivity contribution in [3.05, 3.63) is 52.9 Å². The Balaban J connectivity index is 1.73. The molecule has 0 saturated carbocycles. The van der Waals surface area contributed by atoms with Gasteiger partial charge in [0.15, 0.2) is 10.2 Å². The summed E-state index contributed by atoms with van der Waals surface area (Å²) in [4.78, 5) is 16.9. The molecule has 1 aromatic heterocycles. The van der Waals surface area contributed by atoms with Gasteiger partial charge >= 0.3 is 0 Å². The Labute approximate surface area is 189 Å². The molecule has 0 unspecified atom stereocenters. The maximum atomic E-state index is 12.7. The molecule has 31 heavy (non-hydrogen) atoms. The van der Waals surface area contributed by atoms with Gasteiger partial charge in [0.25, 0.3) is 5.91 Å². The lowest BCUT2D eigenvalue weighted by Crippen LogP contribution is -2.35. The zero-order valence-electron chi connectivity index (χ0n) is 17.8. The number of hydrogen-bond donors (Lipinski definition) is 1. The molecule has 0 bridgehead atoms. The molecule has 4 rings (SSSR count). The largest absolute Gasteiger partial charge is 0.492 e. The van der Waals surface area contributed by atoms with E-state index in [1.54, 1.807) is 17.8 Å². The predicted octanol–water partition coefficient (Wildman–Crippen LogP) is 4.82. The van der Waals surface area contributed by atoms with E-state index < -0.39 is 5.91 Å². The fourth-order valence-corrected chi connectivity index (χ4v) is 5.36. The number of aromatic nitrogens is 1. The number of rotatable bonds is 5. The second kappa shape index (κ2) is 8.76. The van der Waals surface area contributed by atoms with E-state index in [0.29, 0.717) is 11.8 Å². The van der Waals surface area contributed by atoms with E-state index in [9.17, 15) is 4.79 Å². The van der Waals surface area contributed by atoms with Crippen molar-refractivity contribution in [3.8, 4) is 11.4 Å². The first-order chi connectivity index (χ1) is 14.9. The lowest BCUT2D eigenvalue weighted by Gasteiger charge is -2.20. The monoisotopic (exact) mass is 453 g/mol. The molecule has 2 aromatic rings. The number of benzene rings is 1. The Morgan fingerprint density at radius 2 is 2.03 bits per heavy atom. The molecular formula is C22H23N5O2S2. The number of ether oxygens (including phenoxy) is 1. The van der Waals surface area contributed by atoms with Crippen LogP contribution in [0.5, 0.6) is 5.75 Å². The highest BCUT2D eigenvalue weighted by molar-refractivity contribution is 8.45. The van der Waals surface area contributed by atoms with Crippen molar-refractivity contribution in [1.29, 1.82) is 5.41 Å². The van der Waals surface area contributed by atoms with Gasteiger partial charge in [-0.2, -0.15) is 10.0 Å². The second-order valence-corrected chi connectivity index (χ2v) is 9.35. The highest BCUT2D eigenvalue weighted by Gasteiger charge is 2.35. The quantitative estimate of drug-likeness (QED) is 0.656. The summed E-state index contributed by atoms with van der Waals surface area (Å²) >= 11 is 2.90. The van der Waals surface area contributed by atoms with Gasteiger partial charge < -0.3 is 9.30 Å². The normalized spacial score (nSPS) is 17.2. The molecule has 1 N–H and O–H groups in total. The zero-order valence-corrected chi connectivity index (χ0v) is 19.4. The fraction of sp³-hybridized carbons (Fsp3) is 0.273. The molecule has 0 radical (unpaired) electrons. The summed E-state index contributed by atoms with van der Waals surface area (Å²) in [7, 11) is 0. The van der Waals surface area contributed by atoms with Crippen LogP contribution in [0.15, 0.2) is 46.0 Å². The Morgan fingerprint density at radius 1 is 1.26 bits per heavy atom. The van der Waals surface area contributed by atoms with Gasteiger partial charge in [-0.15, -0.1) is 5.10 Å². The lowest BCUT2D eigenvalue weighted by molar-refractivity contribution is -0.114. The minimum atomic E-state index is -0.416. The molecule has 0 aliphatic carbocycles. The first-order valence-electron chi connectivity index (χ1n) is 9.98. The molecule has 0 spiro atoms. The van der Waals surface area contributed by atoms with E-state index in [4.69, 9.17) is 10.1 Å². The van der Waals surface area contributed by atoms with Gasteiger partial charge in [-0.25, -0.2) is 0 Å². The topological polar surface area (TPSA) is 83.0 Å². The van der Waals surface area contributed by atoms with Crippen LogP contribution in [-0.4, -0.2) is 43.2 Å². The van der Waals surface area contributed by atoms with Crippen molar-refractivity contribution >= 4 is 50.9 Å². The van der Waals surface area contributed by atoms with Crippen molar-refractivity contribution in [2.24, 2.45) is 10.1 Å². The molecule has 7 nitrogen and oxygen atoms in total. The summed E-state index contributed by atoms with van der Waals surface area (Å²) in [6.45, 7) is 8.58. The molecule has 1 aromatic carbocycles. The Kier molecular flexibility index (Phi) is 6.06. The summed E-state index contributed by atoms with van der Waals surface area (Å²) in [6.07, 6.45) is 1.73. The third kappa shape index (κ3) is 3.95. The SMILES string of the molecule is CCOc1ccccc1-n1c(C)cc(/C=C2\C(=N)N3N=C(SCC)SC3=NC2=O)c1C. The highest BCUT2D eigenvalue weighted by Crippen LogP contribution is 2.33. The van der Waals surface area contributed by atoms with Crippen LogP contribution in [0.25, 0.3) is 11.8 Å². The molecule has 3 heterocycles. The Hall–Kier alpha value is -2.78. The van der Waals surface area contributed by atoms with E-state index in [2.05, 4.69) is 14.7 Å². The number of carbonyl (C=O) groups is 1. The number of fused-ring (bicyclic) bond motifs is 1. The first kappa shape index (κ1) is 21.5. The average Bonchev–Trinajstić information content (AvgIpc) is 3.26. The maximum absolute atomic E-state index is 12.7. The van der Waals surface area contributed by atoms with Crippen LogP contribution in [-0.2, 0) is 4.79 Å². The van der Waals surface area contributed by atoms with Gasteiger partial charge in [0, 0.05) is 11.4 Å². The summed E-state index contributed by atoms with van der Waals surface area (Å²) in [6, 6.07) is 9.88. The third-order valence-electron chi connectivity index (χ3n) is 4.88. The number of carbonyl (C=O) groups excluding carboxylic acids is 1. The number of thioether (sulfide) groups is 2. The minimum absolute atomic E-state index is 0.0497. The predicted molar refractivity (Wildman–Crippen MR) is 130 cm³/mol. The molecule has 160 valence electrons. The van der Waals surface area contributed by atoms with Crippen molar-refractivity contribution in [2.45, 2.75) is 27.7 Å². The van der Waals surface area contributed by atoms with Crippen LogP contribution < -0.4 is 4.74 Å². The highest BCUT2D eigenvalue weighted by atomic mass is 32.2. The van der Waals surface area contributed by atoms with E-state index in [1.807, 2.05) is 58.0 Å². The standard InChI is InChI=1S/C22H23N5O2S2/c1-5-29-18-10-8-7-9-17(18)26-13(3)11-15(14(26)4)12-16-19(23)27-21(24-20(16)28)31-22(25-27)30-6-2/h7-12,23H,5-6H2,1-4H3/b16-12+,23-19?. The zero-order chi connectivity index (χ0) is 22.1. The number of nitrogens with zero attached hydrogens (tertiary/aromatic N) is 4. The van der Waals surface area contributed by atoms with Gasteiger partial charge in [-0.1, -0.05) is 30.8 Å². The molecule has 9 heteroatoms. The lowest BCUT2D eigenvalue weighted by atomic mass is 10.1. The molecular weight excluding hydrogens is 430 g/mol. The molecule has 0 atom stereocenters. The number of hydrogen-bond acceptors (Lipinski definition) is 6. The number of amides is 1. The van der Waals surface area contributed by atoms with Gasteiger partial charge in [0.2, 0.25) is 5.17 Å². The van der Waals surface area contributed by atoms with Crippen molar-refractivity contribution < 1.29 is 9.53 Å². The van der Waals surface area contributed by atoms with Crippen LogP contribution in [0, 0.1) is 19.3 Å². The van der Waals surface area contributed by atoms with Crippen LogP contribution >= 0.6 is 23.5 Å². The number of aliphatic imine (C=N–C) groups is 1. The third-order valence-corrected chi connectivity index (χ3v) is 6.80. The molecule has 2 aliphatic heterocycles. The maximum Gasteiger partial charge on any atom is 0.283 e. The van der Waals surface area contributed by atoms with Gasteiger partial charge in [0.1, 0.15) is 5.75 Å². The molecule has 0 saturated heterocycles. The van der Waals surface area contributed by atoms with E-state index >= 15 is 0 Å². The summed E-state index contributed by atoms with van der Waals surface area (Å²) < 4.78 is 8.70. The summed E-state index contributed by atoms with van der Waals surface area (Å²) in [5.74, 6) is 1.30. The van der Waals surface area contributed by atoms with Gasteiger partial charge in [-0.05, 0) is 68.1 Å². The summed E-state index contributed by atoms with van der Waals surface area (Å²) in [5.41, 5.74) is 3.99. The van der Waals surface area contributed by atoms with Crippen molar-refractivity contribution in [3.63, 3.8) is 0 Å². The second-order valence-electron chi connectivity index (χ2n) is 6.88. The van der Waals surface area contributed by atoms with Crippen molar-refractivity contribution in [1.82, 2.24) is 9.58 Å². The van der Waals surface area contributed by atoms with E-state index in [1.165, 1.54) is 16.8 Å². The number of aryl methyl sites for hydroxylation is 1. The number of nitrogens with one attached hydrogen (secondary N) is 1. The van der Waals surface area contributed by atoms with Crippen LogP contribution in [0.4, 0.5) is 0 Å². The van der Waals surface area contributed by atoms with E-state index in [0.717, 1.165) is 38.5 Å². The number of para-hydroxylation sites is 2. The molecule has 0 fully saturated rings. The van der Waals surface area contributed by atoms with E-state index in [-0.39, 0.29) is 11.4 Å². The van der Waals surface area contributed by atoms with Crippen molar-refractivity contribution in [2.75, 3.05) is 12.4 Å². The first-order valence-corrected chi connectivity index (χ1v) is 11.8. The summed E-state index contributed by atoms with van der Waals surface area (Å²) in [5, 5.41) is 14.9. The average molecular weight is 454 g/mol. The Morgan fingerprint density at radius 3 is 2.77 bits per heavy atom.